The molecule has 0 spiro atoms. The fourth-order valence-electron chi connectivity index (χ4n) is 2.91. The molecule has 2 nitrogen and oxygen atoms in total. The van der Waals surface area contributed by atoms with Crippen LogP contribution in [0.2, 0.25) is 0 Å². The van der Waals surface area contributed by atoms with Crippen molar-refractivity contribution in [3.05, 3.63) is 41.7 Å². The average molecular weight is 276 g/mol. The number of hydrogen-bond acceptors (Lipinski definition) is 2. The minimum atomic E-state index is -0.179. The molecule has 1 fully saturated rings. The van der Waals surface area contributed by atoms with Crippen LogP contribution in [0.15, 0.2) is 30.3 Å². The highest BCUT2D eigenvalue weighted by Crippen LogP contribution is 2.34. The SMILES string of the molecule is CC1COC(C2CC=C(c3ccc(F)cc3)CC2)OC1. The molecular formula is C17H21FO2. The third-order valence-electron chi connectivity index (χ3n) is 4.14. The summed E-state index contributed by atoms with van der Waals surface area (Å²) in [6.45, 7) is 3.75. The molecule has 0 saturated carbocycles. The summed E-state index contributed by atoms with van der Waals surface area (Å²) >= 11 is 0. The van der Waals surface area contributed by atoms with Crippen molar-refractivity contribution in [2.45, 2.75) is 32.5 Å². The largest absolute Gasteiger partial charge is 0.352 e. The fourth-order valence-corrected chi connectivity index (χ4v) is 2.91. The zero-order valence-electron chi connectivity index (χ0n) is 11.8. The zero-order valence-corrected chi connectivity index (χ0v) is 11.8. The molecule has 2 aliphatic rings. The summed E-state index contributed by atoms with van der Waals surface area (Å²) in [5.41, 5.74) is 2.44. The van der Waals surface area contributed by atoms with Gasteiger partial charge in [0.25, 0.3) is 0 Å². The second-order valence-corrected chi connectivity index (χ2v) is 5.91. The van der Waals surface area contributed by atoms with Crippen molar-refractivity contribution in [2.24, 2.45) is 11.8 Å². The van der Waals surface area contributed by atoms with Gasteiger partial charge in [0.15, 0.2) is 6.29 Å². The van der Waals surface area contributed by atoms with Gasteiger partial charge in [-0.1, -0.05) is 25.1 Å². The molecule has 0 bridgehead atoms. The Bertz CT molecular complexity index is 472. The van der Waals surface area contributed by atoms with Gasteiger partial charge in [-0.2, -0.15) is 0 Å². The van der Waals surface area contributed by atoms with Crippen molar-refractivity contribution in [1.82, 2.24) is 0 Å². The van der Waals surface area contributed by atoms with E-state index in [0.29, 0.717) is 11.8 Å². The normalized spacial score (nSPS) is 30.9. The Balaban J connectivity index is 1.61. The molecule has 1 saturated heterocycles. The van der Waals surface area contributed by atoms with Crippen LogP contribution in [0.3, 0.4) is 0 Å². The molecular weight excluding hydrogens is 255 g/mol. The molecule has 1 unspecified atom stereocenters. The van der Waals surface area contributed by atoms with Gasteiger partial charge in [0.05, 0.1) is 13.2 Å². The second-order valence-electron chi connectivity index (χ2n) is 5.91. The molecule has 0 N–H and O–H groups in total. The maximum absolute atomic E-state index is 12.9. The molecule has 1 heterocycles. The van der Waals surface area contributed by atoms with Crippen molar-refractivity contribution >= 4 is 5.57 Å². The maximum atomic E-state index is 12.9. The molecule has 1 aliphatic carbocycles. The Kier molecular flexibility index (Phi) is 4.18. The van der Waals surface area contributed by atoms with E-state index in [2.05, 4.69) is 13.0 Å². The zero-order chi connectivity index (χ0) is 13.9. The Hall–Kier alpha value is -1.19. The molecule has 0 amide bonds. The smallest absolute Gasteiger partial charge is 0.160 e. The van der Waals surface area contributed by atoms with Crippen molar-refractivity contribution < 1.29 is 13.9 Å². The second kappa shape index (κ2) is 6.06. The molecule has 108 valence electrons. The molecule has 1 aliphatic heterocycles. The predicted molar refractivity (Wildman–Crippen MR) is 76.6 cm³/mol. The Morgan fingerprint density at radius 1 is 1.10 bits per heavy atom. The highest BCUT2D eigenvalue weighted by Gasteiger charge is 2.29. The van der Waals surface area contributed by atoms with Crippen LogP contribution in [0, 0.1) is 17.7 Å². The van der Waals surface area contributed by atoms with Crippen molar-refractivity contribution in [2.75, 3.05) is 13.2 Å². The van der Waals surface area contributed by atoms with Gasteiger partial charge in [-0.15, -0.1) is 0 Å². The monoisotopic (exact) mass is 276 g/mol. The number of halogens is 1. The molecule has 1 atom stereocenters. The van der Waals surface area contributed by atoms with Crippen LogP contribution in [-0.2, 0) is 9.47 Å². The van der Waals surface area contributed by atoms with Gasteiger partial charge in [-0.3, -0.25) is 0 Å². The van der Waals surface area contributed by atoms with Gasteiger partial charge in [-0.05, 0) is 42.5 Å². The third kappa shape index (κ3) is 3.10. The minimum Gasteiger partial charge on any atom is -0.352 e. The van der Waals surface area contributed by atoms with Crippen LogP contribution in [0.4, 0.5) is 4.39 Å². The van der Waals surface area contributed by atoms with E-state index in [1.165, 1.54) is 17.7 Å². The van der Waals surface area contributed by atoms with Crippen molar-refractivity contribution in [1.29, 1.82) is 0 Å². The van der Waals surface area contributed by atoms with Gasteiger partial charge in [0.1, 0.15) is 5.82 Å². The van der Waals surface area contributed by atoms with Gasteiger partial charge in [-0.25, -0.2) is 4.39 Å². The van der Waals surface area contributed by atoms with E-state index in [9.17, 15) is 4.39 Å². The summed E-state index contributed by atoms with van der Waals surface area (Å²) in [6, 6.07) is 6.77. The first-order valence-corrected chi connectivity index (χ1v) is 7.40. The highest BCUT2D eigenvalue weighted by atomic mass is 19.1. The first kappa shape index (κ1) is 13.8. The summed E-state index contributed by atoms with van der Waals surface area (Å²) in [5.74, 6) is 0.771. The van der Waals surface area contributed by atoms with Crippen LogP contribution in [0.25, 0.3) is 5.57 Å². The van der Waals surface area contributed by atoms with Crippen LogP contribution >= 0.6 is 0 Å². The number of hydrogen-bond donors (Lipinski definition) is 0. The van der Waals surface area contributed by atoms with Crippen LogP contribution < -0.4 is 0 Å². The summed E-state index contributed by atoms with van der Waals surface area (Å²) in [4.78, 5) is 0. The first-order valence-electron chi connectivity index (χ1n) is 7.40. The molecule has 3 rings (SSSR count). The summed E-state index contributed by atoms with van der Waals surface area (Å²) < 4.78 is 24.5. The number of ether oxygens (including phenoxy) is 2. The quantitative estimate of drug-likeness (QED) is 0.812. The fraction of sp³-hybridized carbons (Fsp3) is 0.529. The van der Waals surface area contributed by atoms with Crippen LogP contribution in [-0.4, -0.2) is 19.5 Å². The molecule has 1 aromatic rings. The topological polar surface area (TPSA) is 18.5 Å². The molecule has 1 aromatic carbocycles. The number of rotatable bonds is 2. The Morgan fingerprint density at radius 3 is 2.40 bits per heavy atom. The molecule has 3 heteroatoms. The van der Waals surface area contributed by atoms with Gasteiger partial charge in [0.2, 0.25) is 0 Å². The van der Waals surface area contributed by atoms with E-state index in [0.717, 1.165) is 38.0 Å². The lowest BCUT2D eigenvalue weighted by molar-refractivity contribution is -0.222. The first-order chi connectivity index (χ1) is 9.72. The Labute approximate surface area is 119 Å². The lowest BCUT2D eigenvalue weighted by Crippen LogP contribution is -2.36. The van der Waals surface area contributed by atoms with Gasteiger partial charge in [0, 0.05) is 11.8 Å². The number of benzene rings is 1. The van der Waals surface area contributed by atoms with Crippen LogP contribution in [0.1, 0.15) is 31.7 Å². The van der Waals surface area contributed by atoms with Gasteiger partial charge < -0.3 is 9.47 Å². The maximum Gasteiger partial charge on any atom is 0.160 e. The average Bonchev–Trinajstić information content (AvgIpc) is 2.49. The third-order valence-corrected chi connectivity index (χ3v) is 4.14. The molecule has 0 radical (unpaired) electrons. The molecule has 0 aromatic heterocycles. The Morgan fingerprint density at radius 2 is 1.80 bits per heavy atom. The number of allylic oxidation sites excluding steroid dienone is 2. The predicted octanol–water partition coefficient (Wildman–Crippen LogP) is 4.02. The summed E-state index contributed by atoms with van der Waals surface area (Å²) in [7, 11) is 0. The van der Waals surface area contributed by atoms with Gasteiger partial charge >= 0.3 is 0 Å². The lowest BCUT2D eigenvalue weighted by Gasteiger charge is -2.34. The van der Waals surface area contributed by atoms with Crippen molar-refractivity contribution in [3.63, 3.8) is 0 Å². The van der Waals surface area contributed by atoms with Crippen LogP contribution in [0.5, 0.6) is 0 Å². The van der Waals surface area contributed by atoms with E-state index >= 15 is 0 Å². The summed E-state index contributed by atoms with van der Waals surface area (Å²) in [5, 5.41) is 0. The summed E-state index contributed by atoms with van der Waals surface area (Å²) in [6.07, 6.45) is 5.27. The van der Waals surface area contributed by atoms with E-state index < -0.39 is 0 Å². The van der Waals surface area contributed by atoms with E-state index in [-0.39, 0.29) is 12.1 Å². The standard InChI is InChI=1S/C17H21FO2/c1-12-10-19-17(20-11-12)15-4-2-13(3-5-15)14-6-8-16(18)9-7-14/h2,6-9,12,15,17H,3-5,10-11H2,1H3. The highest BCUT2D eigenvalue weighted by molar-refractivity contribution is 5.66. The minimum absolute atomic E-state index is 0.0442. The van der Waals surface area contributed by atoms with E-state index in [1.54, 1.807) is 0 Å². The van der Waals surface area contributed by atoms with E-state index in [4.69, 9.17) is 9.47 Å². The molecule has 20 heavy (non-hydrogen) atoms. The van der Waals surface area contributed by atoms with Crippen molar-refractivity contribution in [3.8, 4) is 0 Å². The lowest BCUT2D eigenvalue weighted by atomic mass is 9.86. The van der Waals surface area contributed by atoms with E-state index in [1.807, 2.05) is 12.1 Å².